The zero-order chi connectivity index (χ0) is 15.6. The second-order valence-corrected chi connectivity index (χ2v) is 5.27. The van der Waals surface area contributed by atoms with Crippen molar-refractivity contribution in [3.05, 3.63) is 72.8 Å². The third kappa shape index (κ3) is 2.62. The molecular weight excluding hydrogens is 284 g/mol. The highest BCUT2D eigenvalue weighted by molar-refractivity contribution is 5.86. The van der Waals surface area contributed by atoms with E-state index in [0.29, 0.717) is 11.6 Å². The number of aromatic nitrogens is 3. The molecule has 0 bridgehead atoms. The lowest BCUT2D eigenvalue weighted by Crippen LogP contribution is -2.02. The molecule has 0 atom stereocenters. The van der Waals surface area contributed by atoms with Crippen LogP contribution in [0.5, 0.6) is 0 Å². The van der Waals surface area contributed by atoms with Crippen LogP contribution in [0.1, 0.15) is 0 Å². The molecule has 0 radical (unpaired) electrons. The number of benzene rings is 3. The lowest BCUT2D eigenvalue weighted by atomic mass is 10.1. The Kier molecular flexibility index (Phi) is 3.20. The van der Waals surface area contributed by atoms with Gasteiger partial charge in [-0.2, -0.15) is 9.97 Å². The SMILES string of the molecule is Nc1nc(-c2ccccc2)nc(-c2ccc3ccccc3c2)n1. The normalized spacial score (nSPS) is 10.8. The van der Waals surface area contributed by atoms with Gasteiger partial charge in [0.15, 0.2) is 11.6 Å². The van der Waals surface area contributed by atoms with Crippen molar-refractivity contribution in [2.75, 3.05) is 5.73 Å². The molecule has 0 amide bonds. The number of anilines is 1. The zero-order valence-electron chi connectivity index (χ0n) is 12.3. The van der Waals surface area contributed by atoms with Crippen LogP contribution >= 0.6 is 0 Å². The molecule has 0 unspecified atom stereocenters. The van der Waals surface area contributed by atoms with E-state index in [0.717, 1.165) is 16.5 Å². The average Bonchev–Trinajstić information content (AvgIpc) is 2.61. The van der Waals surface area contributed by atoms with Gasteiger partial charge in [0.2, 0.25) is 5.95 Å². The van der Waals surface area contributed by atoms with E-state index in [1.54, 1.807) is 0 Å². The molecule has 110 valence electrons. The van der Waals surface area contributed by atoms with Crippen LogP contribution in [-0.2, 0) is 0 Å². The molecule has 0 aliphatic rings. The van der Waals surface area contributed by atoms with Gasteiger partial charge in [-0.25, -0.2) is 4.98 Å². The molecule has 3 aromatic carbocycles. The average molecular weight is 298 g/mol. The van der Waals surface area contributed by atoms with E-state index < -0.39 is 0 Å². The smallest absolute Gasteiger partial charge is 0.224 e. The highest BCUT2D eigenvalue weighted by Gasteiger charge is 2.09. The Labute approximate surface area is 133 Å². The van der Waals surface area contributed by atoms with Crippen molar-refractivity contribution in [3.63, 3.8) is 0 Å². The van der Waals surface area contributed by atoms with Gasteiger partial charge < -0.3 is 5.73 Å². The Balaban J connectivity index is 1.86. The van der Waals surface area contributed by atoms with Crippen molar-refractivity contribution in [2.24, 2.45) is 0 Å². The topological polar surface area (TPSA) is 64.7 Å². The van der Waals surface area contributed by atoms with Gasteiger partial charge in [-0.15, -0.1) is 0 Å². The fourth-order valence-electron chi connectivity index (χ4n) is 2.57. The largest absolute Gasteiger partial charge is 0.368 e. The highest BCUT2D eigenvalue weighted by Crippen LogP contribution is 2.24. The number of rotatable bonds is 2. The van der Waals surface area contributed by atoms with E-state index in [1.165, 1.54) is 5.39 Å². The lowest BCUT2D eigenvalue weighted by Gasteiger charge is -2.06. The Bertz CT molecular complexity index is 981. The maximum absolute atomic E-state index is 5.88. The van der Waals surface area contributed by atoms with E-state index in [-0.39, 0.29) is 5.95 Å². The molecule has 4 aromatic rings. The number of nitrogens with two attached hydrogens (primary N) is 1. The summed E-state index contributed by atoms with van der Waals surface area (Å²) in [6.07, 6.45) is 0. The van der Waals surface area contributed by atoms with Crippen LogP contribution in [0.2, 0.25) is 0 Å². The van der Waals surface area contributed by atoms with Crippen molar-refractivity contribution < 1.29 is 0 Å². The van der Waals surface area contributed by atoms with Crippen LogP contribution in [0.4, 0.5) is 5.95 Å². The molecule has 0 aliphatic carbocycles. The Morgan fingerprint density at radius 1 is 0.565 bits per heavy atom. The third-order valence-electron chi connectivity index (χ3n) is 3.69. The highest BCUT2D eigenvalue weighted by atomic mass is 15.1. The maximum Gasteiger partial charge on any atom is 0.224 e. The van der Waals surface area contributed by atoms with E-state index >= 15 is 0 Å². The van der Waals surface area contributed by atoms with Crippen molar-refractivity contribution in [1.82, 2.24) is 15.0 Å². The summed E-state index contributed by atoms with van der Waals surface area (Å²) in [5.74, 6) is 1.39. The summed E-state index contributed by atoms with van der Waals surface area (Å²) in [5.41, 5.74) is 7.73. The minimum atomic E-state index is 0.224. The van der Waals surface area contributed by atoms with Crippen LogP contribution in [-0.4, -0.2) is 15.0 Å². The lowest BCUT2D eigenvalue weighted by molar-refractivity contribution is 1.08. The Hall–Kier alpha value is -3.27. The van der Waals surface area contributed by atoms with Crippen molar-refractivity contribution in [2.45, 2.75) is 0 Å². The van der Waals surface area contributed by atoms with Gasteiger partial charge in [0, 0.05) is 11.1 Å². The third-order valence-corrected chi connectivity index (χ3v) is 3.69. The molecule has 4 rings (SSSR count). The molecule has 0 saturated heterocycles. The van der Waals surface area contributed by atoms with Gasteiger partial charge in [-0.05, 0) is 16.8 Å². The van der Waals surface area contributed by atoms with Crippen LogP contribution in [0, 0.1) is 0 Å². The van der Waals surface area contributed by atoms with E-state index in [4.69, 9.17) is 5.73 Å². The fraction of sp³-hybridized carbons (Fsp3) is 0. The molecule has 0 aliphatic heterocycles. The molecule has 2 N–H and O–H groups in total. The first-order valence-electron chi connectivity index (χ1n) is 7.36. The number of nitrogens with zero attached hydrogens (tertiary/aromatic N) is 3. The quantitative estimate of drug-likeness (QED) is 0.608. The van der Waals surface area contributed by atoms with Gasteiger partial charge in [-0.3, -0.25) is 0 Å². The number of hydrogen-bond acceptors (Lipinski definition) is 4. The summed E-state index contributed by atoms with van der Waals surface area (Å²) in [6, 6.07) is 24.1. The van der Waals surface area contributed by atoms with Crippen molar-refractivity contribution in [1.29, 1.82) is 0 Å². The van der Waals surface area contributed by atoms with Gasteiger partial charge in [0.1, 0.15) is 0 Å². The second kappa shape index (κ2) is 5.50. The van der Waals surface area contributed by atoms with Crippen molar-refractivity contribution >= 4 is 16.7 Å². The predicted molar refractivity (Wildman–Crippen MR) is 92.6 cm³/mol. The molecule has 0 spiro atoms. The maximum atomic E-state index is 5.88. The summed E-state index contributed by atoms with van der Waals surface area (Å²) >= 11 is 0. The zero-order valence-corrected chi connectivity index (χ0v) is 12.3. The van der Waals surface area contributed by atoms with Crippen LogP contribution in [0.25, 0.3) is 33.5 Å². The first-order valence-corrected chi connectivity index (χ1v) is 7.36. The van der Waals surface area contributed by atoms with E-state index in [9.17, 15) is 0 Å². The number of nitrogen functional groups attached to an aromatic ring is 1. The van der Waals surface area contributed by atoms with Crippen LogP contribution < -0.4 is 5.73 Å². The van der Waals surface area contributed by atoms with Crippen LogP contribution in [0.15, 0.2) is 72.8 Å². The monoisotopic (exact) mass is 298 g/mol. The molecule has 4 nitrogen and oxygen atoms in total. The van der Waals surface area contributed by atoms with Crippen LogP contribution in [0.3, 0.4) is 0 Å². The molecule has 0 fully saturated rings. The van der Waals surface area contributed by atoms with E-state index in [1.807, 2.05) is 48.5 Å². The fourth-order valence-corrected chi connectivity index (χ4v) is 2.57. The second-order valence-electron chi connectivity index (χ2n) is 5.27. The predicted octanol–water partition coefficient (Wildman–Crippen LogP) is 3.94. The summed E-state index contributed by atoms with van der Waals surface area (Å²) in [7, 11) is 0. The molecule has 4 heteroatoms. The van der Waals surface area contributed by atoms with Crippen molar-refractivity contribution in [3.8, 4) is 22.8 Å². The molecule has 23 heavy (non-hydrogen) atoms. The number of hydrogen-bond donors (Lipinski definition) is 1. The van der Waals surface area contributed by atoms with Gasteiger partial charge in [0.05, 0.1) is 0 Å². The van der Waals surface area contributed by atoms with Gasteiger partial charge in [0.25, 0.3) is 0 Å². The summed E-state index contributed by atoms with van der Waals surface area (Å²) in [5, 5.41) is 2.33. The first kappa shape index (κ1) is 13.4. The molecule has 0 saturated carbocycles. The van der Waals surface area contributed by atoms with E-state index in [2.05, 4.69) is 39.2 Å². The first-order chi connectivity index (χ1) is 11.3. The molecule has 1 heterocycles. The van der Waals surface area contributed by atoms with Gasteiger partial charge in [-0.1, -0.05) is 66.7 Å². The minimum Gasteiger partial charge on any atom is -0.368 e. The summed E-state index contributed by atoms with van der Waals surface area (Å²) in [4.78, 5) is 13.1. The number of fused-ring (bicyclic) bond motifs is 1. The molecule has 1 aromatic heterocycles. The standard InChI is InChI=1S/C19H14N4/c20-19-22-17(14-7-2-1-3-8-14)21-18(23-19)16-11-10-13-6-4-5-9-15(13)12-16/h1-12H,(H2,20,21,22,23). The minimum absolute atomic E-state index is 0.224. The summed E-state index contributed by atoms with van der Waals surface area (Å²) in [6.45, 7) is 0. The molecular formula is C19H14N4. The Morgan fingerprint density at radius 3 is 2.00 bits per heavy atom. The Morgan fingerprint density at radius 2 is 1.22 bits per heavy atom. The van der Waals surface area contributed by atoms with Gasteiger partial charge >= 0.3 is 0 Å². The summed E-state index contributed by atoms with van der Waals surface area (Å²) < 4.78 is 0.